The van der Waals surface area contributed by atoms with E-state index < -0.39 is 5.41 Å². The van der Waals surface area contributed by atoms with Crippen LogP contribution < -0.4 is 5.73 Å². The van der Waals surface area contributed by atoms with E-state index in [1.54, 1.807) is 0 Å². The van der Waals surface area contributed by atoms with Crippen molar-refractivity contribution in [3.8, 4) is 0 Å². The number of nitrogens with two attached hydrogens (primary N) is 1. The molecule has 0 aromatic rings. The van der Waals surface area contributed by atoms with Crippen LogP contribution in [0.4, 0.5) is 0 Å². The zero-order valence-electron chi connectivity index (χ0n) is 13.7. The SMILES string of the molecule is CCCC(C(N)=S)N1CCN(CC(C)(C)C(=O)OC)CC1. The molecule has 0 spiro atoms. The summed E-state index contributed by atoms with van der Waals surface area (Å²) < 4.78 is 4.87. The van der Waals surface area contributed by atoms with Crippen molar-refractivity contribution in [3.05, 3.63) is 0 Å². The maximum absolute atomic E-state index is 11.8. The predicted octanol–water partition coefficient (Wildman–Crippen LogP) is 1.26. The molecular formula is C15H29N3O2S. The van der Waals surface area contributed by atoms with Crippen LogP contribution in [-0.2, 0) is 9.53 Å². The zero-order valence-corrected chi connectivity index (χ0v) is 14.5. The molecule has 0 radical (unpaired) electrons. The van der Waals surface area contributed by atoms with Gasteiger partial charge in [0, 0.05) is 32.7 Å². The van der Waals surface area contributed by atoms with E-state index in [-0.39, 0.29) is 12.0 Å². The van der Waals surface area contributed by atoms with Gasteiger partial charge in [0.2, 0.25) is 0 Å². The number of esters is 1. The molecule has 122 valence electrons. The standard InChI is InChI=1S/C15H29N3O2S/c1-5-6-12(13(16)21)18-9-7-17(8-10-18)11-15(2,3)14(19)20-4/h12H,5-11H2,1-4H3,(H2,16,21). The molecule has 1 atom stereocenters. The number of nitrogens with zero attached hydrogens (tertiary/aromatic N) is 2. The van der Waals surface area contributed by atoms with Crippen molar-refractivity contribution < 1.29 is 9.53 Å². The van der Waals surface area contributed by atoms with Crippen LogP contribution in [-0.4, -0.2) is 66.6 Å². The summed E-state index contributed by atoms with van der Waals surface area (Å²) in [6, 6.07) is 0.209. The quantitative estimate of drug-likeness (QED) is 0.564. The third-order valence-electron chi connectivity index (χ3n) is 4.10. The maximum Gasteiger partial charge on any atom is 0.312 e. The van der Waals surface area contributed by atoms with Crippen LogP contribution in [0.5, 0.6) is 0 Å². The van der Waals surface area contributed by atoms with Gasteiger partial charge in [-0.15, -0.1) is 0 Å². The smallest absolute Gasteiger partial charge is 0.312 e. The number of piperazine rings is 1. The van der Waals surface area contributed by atoms with Crippen molar-refractivity contribution >= 4 is 23.2 Å². The molecule has 0 aromatic carbocycles. The van der Waals surface area contributed by atoms with E-state index in [4.69, 9.17) is 22.7 Å². The van der Waals surface area contributed by atoms with Crippen LogP contribution >= 0.6 is 12.2 Å². The maximum atomic E-state index is 11.8. The molecule has 1 heterocycles. The van der Waals surface area contributed by atoms with Gasteiger partial charge in [-0.05, 0) is 20.3 Å². The van der Waals surface area contributed by atoms with E-state index in [2.05, 4.69) is 16.7 Å². The highest BCUT2D eigenvalue weighted by atomic mass is 32.1. The molecule has 2 N–H and O–H groups in total. The number of carbonyl (C=O) groups is 1. The fraction of sp³-hybridized carbons (Fsp3) is 0.867. The van der Waals surface area contributed by atoms with Gasteiger partial charge in [-0.2, -0.15) is 0 Å². The summed E-state index contributed by atoms with van der Waals surface area (Å²) in [6.07, 6.45) is 2.10. The summed E-state index contributed by atoms with van der Waals surface area (Å²) in [5, 5.41) is 0. The number of methoxy groups -OCH3 is 1. The van der Waals surface area contributed by atoms with E-state index in [0.29, 0.717) is 4.99 Å². The molecule has 1 aliphatic rings. The van der Waals surface area contributed by atoms with Crippen molar-refractivity contribution in [2.24, 2.45) is 11.1 Å². The largest absolute Gasteiger partial charge is 0.469 e. The summed E-state index contributed by atoms with van der Waals surface area (Å²) in [5.41, 5.74) is 5.39. The highest BCUT2D eigenvalue weighted by Gasteiger charge is 2.33. The van der Waals surface area contributed by atoms with Crippen LogP contribution in [0.25, 0.3) is 0 Å². The van der Waals surface area contributed by atoms with Gasteiger partial charge in [-0.1, -0.05) is 25.6 Å². The first-order valence-electron chi connectivity index (χ1n) is 7.66. The minimum Gasteiger partial charge on any atom is -0.469 e. The lowest BCUT2D eigenvalue weighted by Gasteiger charge is -2.40. The van der Waals surface area contributed by atoms with E-state index >= 15 is 0 Å². The van der Waals surface area contributed by atoms with Gasteiger partial charge >= 0.3 is 5.97 Å². The molecule has 1 unspecified atom stereocenters. The molecule has 6 heteroatoms. The number of hydrogen-bond donors (Lipinski definition) is 1. The zero-order chi connectivity index (χ0) is 16.0. The topological polar surface area (TPSA) is 58.8 Å². The van der Waals surface area contributed by atoms with Gasteiger partial charge in [-0.25, -0.2) is 0 Å². The van der Waals surface area contributed by atoms with Crippen molar-refractivity contribution in [1.29, 1.82) is 0 Å². The fourth-order valence-corrected chi connectivity index (χ4v) is 3.18. The third kappa shape index (κ3) is 5.20. The van der Waals surface area contributed by atoms with Crippen LogP contribution in [0.1, 0.15) is 33.6 Å². The Kier molecular flexibility index (Phi) is 7.03. The summed E-state index contributed by atoms with van der Waals surface area (Å²) in [7, 11) is 1.44. The first-order valence-corrected chi connectivity index (χ1v) is 8.06. The Labute approximate surface area is 133 Å². The Bertz CT molecular complexity index is 366. The predicted molar refractivity (Wildman–Crippen MR) is 89.3 cm³/mol. The molecule has 1 fully saturated rings. The highest BCUT2D eigenvalue weighted by Crippen LogP contribution is 2.20. The Morgan fingerprint density at radius 3 is 2.33 bits per heavy atom. The number of hydrogen-bond acceptors (Lipinski definition) is 5. The van der Waals surface area contributed by atoms with Crippen molar-refractivity contribution in [2.75, 3.05) is 39.8 Å². The summed E-state index contributed by atoms with van der Waals surface area (Å²) in [5.74, 6) is -0.156. The number of rotatable bonds is 7. The average molecular weight is 315 g/mol. The molecular weight excluding hydrogens is 286 g/mol. The normalized spacial score (nSPS) is 19.2. The lowest BCUT2D eigenvalue weighted by Crippen LogP contribution is -2.55. The second-order valence-electron chi connectivity index (χ2n) is 6.39. The Hall–Kier alpha value is -0.720. The molecule has 0 saturated carbocycles. The fourth-order valence-electron chi connectivity index (χ4n) is 2.91. The van der Waals surface area contributed by atoms with Crippen LogP contribution in [0.15, 0.2) is 0 Å². The molecule has 5 nitrogen and oxygen atoms in total. The number of carbonyl (C=O) groups excluding carboxylic acids is 1. The van der Waals surface area contributed by atoms with Gasteiger partial charge in [0.1, 0.15) is 0 Å². The number of thiocarbonyl (C=S) groups is 1. The molecule has 1 aliphatic heterocycles. The monoisotopic (exact) mass is 315 g/mol. The first kappa shape index (κ1) is 18.3. The Balaban J connectivity index is 2.52. The van der Waals surface area contributed by atoms with Crippen LogP contribution in [0.2, 0.25) is 0 Å². The molecule has 1 saturated heterocycles. The average Bonchev–Trinajstić information content (AvgIpc) is 2.44. The van der Waals surface area contributed by atoms with E-state index in [1.807, 2.05) is 13.8 Å². The van der Waals surface area contributed by atoms with Crippen LogP contribution in [0.3, 0.4) is 0 Å². The van der Waals surface area contributed by atoms with Gasteiger partial charge in [0.25, 0.3) is 0 Å². The van der Waals surface area contributed by atoms with E-state index in [1.165, 1.54) is 7.11 Å². The second kappa shape index (κ2) is 8.06. The molecule has 1 rings (SSSR count). The van der Waals surface area contributed by atoms with Gasteiger partial charge in [0.15, 0.2) is 0 Å². The minimum atomic E-state index is -0.469. The minimum absolute atomic E-state index is 0.156. The van der Waals surface area contributed by atoms with Gasteiger partial charge in [-0.3, -0.25) is 14.6 Å². The molecule has 0 amide bonds. The molecule has 0 bridgehead atoms. The van der Waals surface area contributed by atoms with E-state index in [0.717, 1.165) is 45.6 Å². The number of ether oxygens (including phenoxy) is 1. The molecule has 0 aromatic heterocycles. The van der Waals surface area contributed by atoms with Crippen molar-refractivity contribution in [2.45, 2.75) is 39.7 Å². The Morgan fingerprint density at radius 2 is 1.90 bits per heavy atom. The lowest BCUT2D eigenvalue weighted by atomic mass is 9.92. The summed E-state index contributed by atoms with van der Waals surface area (Å²) in [6.45, 7) is 10.5. The van der Waals surface area contributed by atoms with Crippen molar-refractivity contribution in [3.63, 3.8) is 0 Å². The van der Waals surface area contributed by atoms with Gasteiger partial charge < -0.3 is 10.5 Å². The first-order chi connectivity index (χ1) is 9.81. The lowest BCUT2D eigenvalue weighted by molar-refractivity contribution is -0.152. The Morgan fingerprint density at radius 1 is 1.33 bits per heavy atom. The van der Waals surface area contributed by atoms with Crippen molar-refractivity contribution in [1.82, 2.24) is 9.80 Å². The summed E-state index contributed by atoms with van der Waals surface area (Å²) in [4.78, 5) is 17.0. The second-order valence-corrected chi connectivity index (χ2v) is 6.87. The highest BCUT2D eigenvalue weighted by molar-refractivity contribution is 7.80. The molecule has 21 heavy (non-hydrogen) atoms. The van der Waals surface area contributed by atoms with Gasteiger partial charge in [0.05, 0.1) is 23.6 Å². The molecule has 0 aliphatic carbocycles. The van der Waals surface area contributed by atoms with E-state index in [9.17, 15) is 4.79 Å². The third-order valence-corrected chi connectivity index (χ3v) is 4.37. The van der Waals surface area contributed by atoms with Crippen LogP contribution in [0, 0.1) is 5.41 Å². The summed E-state index contributed by atoms with van der Waals surface area (Å²) >= 11 is 5.19.